The quantitative estimate of drug-likeness (QED) is 0.0802. The second-order valence-corrected chi connectivity index (χ2v) is 21.4. The Hall–Kier alpha value is -4.34. The van der Waals surface area contributed by atoms with Crippen molar-refractivity contribution in [2.45, 2.75) is 182 Å². The average Bonchev–Trinajstić information content (AvgIpc) is 3.71. The van der Waals surface area contributed by atoms with Gasteiger partial charge in [-0.15, -0.1) is 0 Å². The Kier molecular flexibility index (Phi) is 15.8. The Balaban J connectivity index is 1.16. The molecule has 63 heavy (non-hydrogen) atoms. The van der Waals surface area contributed by atoms with Crippen molar-refractivity contribution in [3.05, 3.63) is 70.3 Å². The predicted molar refractivity (Wildman–Crippen MR) is 246 cm³/mol. The lowest BCUT2D eigenvalue weighted by atomic mass is 9.48. The number of ketones is 3. The maximum Gasteiger partial charge on any atom is 0.408 e. The molecule has 2 N–H and O–H groups in total. The van der Waals surface area contributed by atoms with E-state index < -0.39 is 29.6 Å². The van der Waals surface area contributed by atoms with Crippen molar-refractivity contribution in [2.75, 3.05) is 6.54 Å². The van der Waals surface area contributed by atoms with Gasteiger partial charge >= 0.3 is 6.09 Å². The molecule has 1 aromatic rings. The Labute approximate surface area is 376 Å². The molecule has 344 valence electrons. The van der Waals surface area contributed by atoms with Crippen molar-refractivity contribution in [3.63, 3.8) is 0 Å². The minimum absolute atomic E-state index is 0.0125. The SMILES string of the molecule is CC1=C(C)C(=O)C(CCCC[C@H](CC(=O)[C@@H]2CCCN2C(=O)[C@H](/C=C/[C@H](CCC23CC4CC(CC(C4)C2)C3)NC(=O)OC(C)(C)C)Cc2ccccc2)C(=O)NC(C)C)=C(C)C1=O. The first kappa shape index (κ1) is 48.1. The maximum absolute atomic E-state index is 14.8. The van der Waals surface area contributed by atoms with E-state index in [4.69, 9.17) is 4.74 Å². The molecule has 7 rings (SSSR count). The van der Waals surface area contributed by atoms with Gasteiger partial charge in [0.15, 0.2) is 17.3 Å². The lowest BCUT2D eigenvalue weighted by Gasteiger charge is -2.57. The molecule has 4 bridgehead atoms. The van der Waals surface area contributed by atoms with Gasteiger partial charge in [0.25, 0.3) is 0 Å². The van der Waals surface area contributed by atoms with E-state index >= 15 is 0 Å². The Morgan fingerprint density at radius 2 is 1.48 bits per heavy atom. The fourth-order valence-electron chi connectivity index (χ4n) is 11.9. The molecule has 0 unspecified atom stereocenters. The van der Waals surface area contributed by atoms with E-state index in [1.165, 1.54) is 38.5 Å². The molecule has 0 aromatic heterocycles. The highest BCUT2D eigenvalue weighted by Gasteiger charge is 2.50. The van der Waals surface area contributed by atoms with Crippen molar-refractivity contribution >= 4 is 35.3 Å². The highest BCUT2D eigenvalue weighted by atomic mass is 16.6. The molecular weight excluding hydrogens is 791 g/mol. The van der Waals surface area contributed by atoms with Crippen LogP contribution in [0.5, 0.6) is 0 Å². The van der Waals surface area contributed by atoms with Crippen LogP contribution in [0.15, 0.2) is 64.8 Å². The molecule has 1 heterocycles. The van der Waals surface area contributed by atoms with E-state index in [-0.39, 0.29) is 47.7 Å². The summed E-state index contributed by atoms with van der Waals surface area (Å²) in [7, 11) is 0. The van der Waals surface area contributed by atoms with Crippen LogP contribution in [0, 0.1) is 35.0 Å². The molecule has 4 saturated carbocycles. The first-order valence-electron chi connectivity index (χ1n) is 24.1. The highest BCUT2D eigenvalue weighted by molar-refractivity contribution is 6.24. The van der Waals surface area contributed by atoms with Gasteiger partial charge in [0.1, 0.15) is 5.60 Å². The lowest BCUT2D eigenvalue weighted by Crippen LogP contribution is -2.47. The Bertz CT molecular complexity index is 1930. The molecule has 5 fully saturated rings. The molecule has 10 heteroatoms. The lowest BCUT2D eigenvalue weighted by molar-refractivity contribution is -0.140. The van der Waals surface area contributed by atoms with Crippen LogP contribution in [0.4, 0.5) is 4.79 Å². The van der Waals surface area contributed by atoms with Gasteiger partial charge < -0.3 is 20.3 Å². The monoisotopic (exact) mass is 866 g/mol. The number of nitrogens with one attached hydrogen (secondary N) is 2. The number of rotatable bonds is 19. The number of carbonyl (C=O) groups excluding carboxylic acids is 6. The second kappa shape index (κ2) is 20.7. The van der Waals surface area contributed by atoms with E-state index in [9.17, 15) is 28.8 Å². The van der Waals surface area contributed by atoms with Gasteiger partial charge in [-0.1, -0.05) is 48.9 Å². The van der Waals surface area contributed by atoms with Gasteiger partial charge in [0.05, 0.1) is 18.0 Å². The second-order valence-electron chi connectivity index (χ2n) is 21.4. The molecule has 4 atom stereocenters. The number of hydrogen-bond donors (Lipinski definition) is 2. The largest absolute Gasteiger partial charge is 0.444 e. The minimum atomic E-state index is -0.653. The van der Waals surface area contributed by atoms with Crippen LogP contribution < -0.4 is 10.6 Å². The summed E-state index contributed by atoms with van der Waals surface area (Å²) in [5.74, 6) is 0.707. The third-order valence-electron chi connectivity index (χ3n) is 14.7. The van der Waals surface area contributed by atoms with Gasteiger partial charge in [-0.3, -0.25) is 24.0 Å². The van der Waals surface area contributed by atoms with E-state index in [0.717, 1.165) is 36.2 Å². The first-order chi connectivity index (χ1) is 29.8. The average molecular weight is 866 g/mol. The molecule has 0 radical (unpaired) electrons. The smallest absolute Gasteiger partial charge is 0.408 e. The van der Waals surface area contributed by atoms with Gasteiger partial charge in [-0.05, 0) is 174 Å². The summed E-state index contributed by atoms with van der Waals surface area (Å²) in [5, 5.41) is 6.16. The molecule has 5 aliphatic carbocycles. The standard InChI is InChI=1S/C53H75N3O7/c1-33(2)54-49(60)41(17-12-13-18-44-36(5)47(58)34(3)35(4)48(44)59)29-46(57)45-19-14-24-56(45)50(61)42(28-37-15-10-9-11-16-37)20-21-43(55-51(62)63-52(6,7)8)22-23-53-30-38-25-39(31-53)27-40(26-38)32-53/h9-11,15-16,20-21,33,38-43,45H,12-14,17-19,22-32H2,1-8H3,(H,54,60)(H,55,62)/b21-20+/t38?,39?,40?,41-,42-,43-,45+,53?/m1/s1. The molecule has 10 nitrogen and oxygen atoms in total. The van der Waals surface area contributed by atoms with Crippen molar-refractivity contribution in [1.82, 2.24) is 15.5 Å². The molecule has 1 aliphatic heterocycles. The minimum Gasteiger partial charge on any atom is -0.444 e. The molecular formula is C53H75N3O7. The summed E-state index contributed by atoms with van der Waals surface area (Å²) in [5.41, 5.74) is 2.69. The zero-order valence-corrected chi connectivity index (χ0v) is 39.5. The van der Waals surface area contributed by atoms with E-state index in [1.807, 2.05) is 77.1 Å². The molecule has 0 spiro atoms. The topological polar surface area (TPSA) is 139 Å². The van der Waals surface area contributed by atoms with Crippen LogP contribution in [0.2, 0.25) is 0 Å². The fourth-order valence-corrected chi connectivity index (χ4v) is 11.9. The molecule has 6 aliphatic rings. The fraction of sp³-hybridized carbons (Fsp3) is 0.660. The molecule has 1 aromatic carbocycles. The Morgan fingerprint density at radius 1 is 0.841 bits per heavy atom. The van der Waals surface area contributed by atoms with Gasteiger partial charge in [0, 0.05) is 47.2 Å². The number of hydrogen-bond acceptors (Lipinski definition) is 7. The van der Waals surface area contributed by atoms with Gasteiger partial charge in [0.2, 0.25) is 11.8 Å². The van der Waals surface area contributed by atoms with Crippen LogP contribution >= 0.6 is 0 Å². The van der Waals surface area contributed by atoms with Crippen molar-refractivity contribution in [1.29, 1.82) is 0 Å². The van der Waals surface area contributed by atoms with Crippen LogP contribution in [0.1, 0.15) is 157 Å². The maximum atomic E-state index is 14.8. The summed E-state index contributed by atoms with van der Waals surface area (Å²) in [6.07, 6.45) is 17.0. The van der Waals surface area contributed by atoms with Crippen LogP contribution in [-0.4, -0.2) is 70.4 Å². The Morgan fingerprint density at radius 3 is 2.10 bits per heavy atom. The third kappa shape index (κ3) is 12.5. The predicted octanol–water partition coefficient (Wildman–Crippen LogP) is 9.75. The number of nitrogens with zero attached hydrogens (tertiary/aromatic N) is 1. The number of allylic oxidation sites excluding steroid dienone is 4. The number of Topliss-reactive ketones (excluding diaryl/α,β-unsaturated/α-hetero) is 3. The summed E-state index contributed by atoms with van der Waals surface area (Å²) < 4.78 is 5.73. The number of likely N-dealkylation sites (tertiary alicyclic amines) is 1. The van der Waals surface area contributed by atoms with E-state index in [1.54, 1.807) is 25.7 Å². The summed E-state index contributed by atoms with van der Waals surface area (Å²) in [6.45, 7) is 14.9. The summed E-state index contributed by atoms with van der Waals surface area (Å²) >= 11 is 0. The van der Waals surface area contributed by atoms with E-state index in [0.29, 0.717) is 79.2 Å². The van der Waals surface area contributed by atoms with Crippen molar-refractivity contribution in [3.8, 4) is 0 Å². The number of alkyl carbamates (subject to hydrolysis) is 1. The molecule has 1 saturated heterocycles. The number of amides is 3. The van der Waals surface area contributed by atoms with Gasteiger partial charge in [-0.2, -0.15) is 0 Å². The summed E-state index contributed by atoms with van der Waals surface area (Å²) in [6, 6.07) is 8.85. The summed E-state index contributed by atoms with van der Waals surface area (Å²) in [4.78, 5) is 83.5. The van der Waals surface area contributed by atoms with Crippen molar-refractivity contribution in [2.24, 2.45) is 35.0 Å². The van der Waals surface area contributed by atoms with Crippen LogP contribution in [0.25, 0.3) is 0 Å². The third-order valence-corrected chi connectivity index (χ3v) is 14.7. The van der Waals surface area contributed by atoms with Crippen molar-refractivity contribution < 1.29 is 33.5 Å². The van der Waals surface area contributed by atoms with Crippen LogP contribution in [0.3, 0.4) is 0 Å². The normalized spacial score (nSPS) is 26.1. The number of unbranched alkanes of at least 4 members (excludes halogenated alkanes) is 1. The number of benzene rings is 1. The number of carbonyl (C=O) groups is 6. The number of ether oxygens (including phenoxy) is 1. The van der Waals surface area contributed by atoms with Gasteiger partial charge in [-0.25, -0.2) is 4.79 Å². The zero-order chi connectivity index (χ0) is 45.6. The molecule has 3 amide bonds. The zero-order valence-electron chi connectivity index (χ0n) is 39.5. The van der Waals surface area contributed by atoms with Crippen LogP contribution in [-0.2, 0) is 35.1 Å². The highest BCUT2D eigenvalue weighted by Crippen LogP contribution is 2.61. The van der Waals surface area contributed by atoms with E-state index in [2.05, 4.69) is 10.6 Å². The first-order valence-corrected chi connectivity index (χ1v) is 24.1.